The molecule has 0 bridgehead atoms. The van der Waals surface area contributed by atoms with Crippen LogP contribution in [0.15, 0.2) is 12.1 Å². The van der Waals surface area contributed by atoms with Crippen LogP contribution in [0.1, 0.15) is 37.8 Å². The number of benzene rings is 1. The van der Waals surface area contributed by atoms with Crippen molar-refractivity contribution < 1.29 is 9.47 Å². The summed E-state index contributed by atoms with van der Waals surface area (Å²) in [6.45, 7) is 6.93. The lowest BCUT2D eigenvalue weighted by atomic mass is 9.87. The average molecular weight is 310 g/mol. The Bertz CT molecular complexity index is 512. The third kappa shape index (κ3) is 3.05. The molecular formula is C17H24ClNO2. The summed E-state index contributed by atoms with van der Waals surface area (Å²) in [6.07, 6.45) is 4.10. The van der Waals surface area contributed by atoms with Crippen molar-refractivity contribution in [1.82, 2.24) is 5.32 Å². The topological polar surface area (TPSA) is 30.5 Å². The second kappa shape index (κ2) is 6.15. The number of rotatable bonds is 5. The maximum absolute atomic E-state index is 6.28. The van der Waals surface area contributed by atoms with Gasteiger partial charge in [-0.2, -0.15) is 0 Å². The Morgan fingerprint density at radius 2 is 2.24 bits per heavy atom. The van der Waals surface area contributed by atoms with Gasteiger partial charge in [0.1, 0.15) is 5.75 Å². The first-order valence-corrected chi connectivity index (χ1v) is 8.31. The fraction of sp³-hybridized carbons (Fsp3) is 0.647. The van der Waals surface area contributed by atoms with E-state index in [1.807, 2.05) is 12.1 Å². The number of ether oxygens (including phenoxy) is 2. The van der Waals surface area contributed by atoms with Crippen LogP contribution in [-0.2, 0) is 17.6 Å². The first kappa shape index (κ1) is 15.1. The first-order valence-electron chi connectivity index (χ1n) is 7.94. The van der Waals surface area contributed by atoms with Crippen molar-refractivity contribution in [1.29, 1.82) is 0 Å². The van der Waals surface area contributed by atoms with Gasteiger partial charge in [-0.25, -0.2) is 0 Å². The smallest absolute Gasteiger partial charge is 0.125 e. The Morgan fingerprint density at radius 3 is 2.95 bits per heavy atom. The Labute approximate surface area is 132 Å². The quantitative estimate of drug-likeness (QED) is 0.904. The fourth-order valence-corrected chi connectivity index (χ4v) is 3.81. The predicted octanol–water partition coefficient (Wildman–Crippen LogP) is 3.36. The molecule has 0 radical (unpaired) electrons. The molecule has 4 heteroatoms. The van der Waals surface area contributed by atoms with Crippen LogP contribution in [-0.4, -0.2) is 31.4 Å². The molecule has 1 aromatic carbocycles. The van der Waals surface area contributed by atoms with Gasteiger partial charge in [-0.3, -0.25) is 0 Å². The molecule has 1 N–H and O–H groups in total. The van der Waals surface area contributed by atoms with Gasteiger partial charge in [-0.15, -0.1) is 0 Å². The molecule has 2 unspecified atom stereocenters. The summed E-state index contributed by atoms with van der Waals surface area (Å²) in [5.41, 5.74) is 2.35. The van der Waals surface area contributed by atoms with Gasteiger partial charge < -0.3 is 14.8 Å². The molecule has 1 saturated heterocycles. The van der Waals surface area contributed by atoms with E-state index < -0.39 is 0 Å². The van der Waals surface area contributed by atoms with Crippen molar-refractivity contribution >= 4 is 11.6 Å². The van der Waals surface area contributed by atoms with Crippen molar-refractivity contribution in [2.24, 2.45) is 0 Å². The van der Waals surface area contributed by atoms with Crippen LogP contribution in [0.2, 0.25) is 5.02 Å². The second-order valence-corrected chi connectivity index (χ2v) is 6.67. The molecule has 2 atom stereocenters. The number of fused-ring (bicyclic) bond motifs is 1. The van der Waals surface area contributed by atoms with Crippen LogP contribution >= 0.6 is 11.6 Å². The van der Waals surface area contributed by atoms with Crippen LogP contribution in [0.25, 0.3) is 0 Å². The monoisotopic (exact) mass is 309 g/mol. The van der Waals surface area contributed by atoms with Gasteiger partial charge in [0.05, 0.1) is 12.2 Å². The van der Waals surface area contributed by atoms with E-state index in [4.69, 9.17) is 21.1 Å². The van der Waals surface area contributed by atoms with Crippen LogP contribution in [0.3, 0.4) is 0 Å². The molecule has 1 aromatic rings. The molecule has 3 rings (SSSR count). The largest absolute Gasteiger partial charge is 0.493 e. The highest BCUT2D eigenvalue weighted by Crippen LogP contribution is 2.36. The van der Waals surface area contributed by atoms with Crippen molar-refractivity contribution in [3.8, 4) is 5.75 Å². The molecule has 0 amide bonds. The highest BCUT2D eigenvalue weighted by atomic mass is 35.5. The van der Waals surface area contributed by atoms with E-state index in [0.29, 0.717) is 0 Å². The SMILES string of the molecule is CCNC(Cc1cc(Cl)cc2c1OCC2)C1(C)CCCO1. The van der Waals surface area contributed by atoms with Gasteiger partial charge in [0, 0.05) is 24.1 Å². The van der Waals surface area contributed by atoms with E-state index in [-0.39, 0.29) is 11.6 Å². The Hall–Kier alpha value is -0.770. The standard InChI is InChI=1S/C17H24ClNO2/c1-3-19-15(17(2)6-4-7-21-17)11-13-10-14(18)9-12-5-8-20-16(12)13/h9-10,15,19H,3-8,11H2,1-2H3. The summed E-state index contributed by atoms with van der Waals surface area (Å²) in [6, 6.07) is 4.37. The van der Waals surface area contributed by atoms with Crippen LogP contribution < -0.4 is 10.1 Å². The molecule has 0 aromatic heterocycles. The Kier molecular flexibility index (Phi) is 4.43. The average Bonchev–Trinajstić information content (AvgIpc) is 3.07. The molecule has 0 spiro atoms. The summed E-state index contributed by atoms with van der Waals surface area (Å²) in [5, 5.41) is 4.41. The van der Waals surface area contributed by atoms with E-state index in [1.165, 1.54) is 11.1 Å². The third-order valence-corrected chi connectivity index (χ3v) is 4.90. The summed E-state index contributed by atoms with van der Waals surface area (Å²) < 4.78 is 11.9. The van der Waals surface area contributed by atoms with Gasteiger partial charge in [0.15, 0.2) is 0 Å². The molecule has 2 aliphatic rings. The molecule has 2 aliphatic heterocycles. The van der Waals surface area contributed by atoms with E-state index >= 15 is 0 Å². The van der Waals surface area contributed by atoms with E-state index in [9.17, 15) is 0 Å². The van der Waals surface area contributed by atoms with Gasteiger partial charge in [-0.05, 0) is 56.0 Å². The molecular weight excluding hydrogens is 286 g/mol. The molecule has 2 heterocycles. The lowest BCUT2D eigenvalue weighted by molar-refractivity contribution is -0.0111. The van der Waals surface area contributed by atoms with Gasteiger partial charge >= 0.3 is 0 Å². The number of nitrogens with one attached hydrogen (secondary N) is 1. The number of hydrogen-bond donors (Lipinski definition) is 1. The normalized spacial score (nSPS) is 25.7. The predicted molar refractivity (Wildman–Crippen MR) is 85.4 cm³/mol. The van der Waals surface area contributed by atoms with Crippen LogP contribution in [0.4, 0.5) is 0 Å². The zero-order valence-electron chi connectivity index (χ0n) is 12.9. The molecule has 3 nitrogen and oxygen atoms in total. The van der Waals surface area contributed by atoms with Gasteiger partial charge in [0.2, 0.25) is 0 Å². The summed E-state index contributed by atoms with van der Waals surface area (Å²) in [7, 11) is 0. The van der Waals surface area contributed by atoms with Crippen molar-refractivity contribution in [2.45, 2.75) is 51.2 Å². The van der Waals surface area contributed by atoms with Crippen LogP contribution in [0.5, 0.6) is 5.75 Å². The van der Waals surface area contributed by atoms with Crippen molar-refractivity contribution in [2.75, 3.05) is 19.8 Å². The van der Waals surface area contributed by atoms with Gasteiger partial charge in [0.25, 0.3) is 0 Å². The summed E-state index contributed by atoms with van der Waals surface area (Å²) >= 11 is 6.28. The highest BCUT2D eigenvalue weighted by Gasteiger charge is 2.38. The number of hydrogen-bond acceptors (Lipinski definition) is 3. The highest BCUT2D eigenvalue weighted by molar-refractivity contribution is 6.30. The van der Waals surface area contributed by atoms with Crippen LogP contribution in [0, 0.1) is 0 Å². The maximum Gasteiger partial charge on any atom is 0.125 e. The molecule has 116 valence electrons. The zero-order chi connectivity index (χ0) is 14.9. The number of halogens is 1. The first-order chi connectivity index (χ1) is 10.1. The fourth-order valence-electron chi connectivity index (χ4n) is 3.54. The second-order valence-electron chi connectivity index (χ2n) is 6.23. The summed E-state index contributed by atoms with van der Waals surface area (Å²) in [5.74, 6) is 1.05. The van der Waals surface area contributed by atoms with E-state index in [1.54, 1.807) is 0 Å². The van der Waals surface area contributed by atoms with E-state index in [2.05, 4.69) is 19.2 Å². The minimum atomic E-state index is -0.0934. The lowest BCUT2D eigenvalue weighted by Crippen LogP contribution is -2.49. The minimum Gasteiger partial charge on any atom is -0.493 e. The molecule has 1 fully saturated rings. The maximum atomic E-state index is 6.28. The minimum absolute atomic E-state index is 0.0934. The van der Waals surface area contributed by atoms with Gasteiger partial charge in [-0.1, -0.05) is 18.5 Å². The molecule has 0 saturated carbocycles. The van der Waals surface area contributed by atoms with Crippen molar-refractivity contribution in [3.63, 3.8) is 0 Å². The molecule has 0 aliphatic carbocycles. The van der Waals surface area contributed by atoms with E-state index in [0.717, 1.165) is 56.2 Å². The van der Waals surface area contributed by atoms with Crippen molar-refractivity contribution in [3.05, 3.63) is 28.3 Å². The summed E-state index contributed by atoms with van der Waals surface area (Å²) in [4.78, 5) is 0. The Morgan fingerprint density at radius 1 is 1.38 bits per heavy atom. The lowest BCUT2D eigenvalue weighted by Gasteiger charge is -2.34. The Balaban J connectivity index is 1.86. The molecule has 21 heavy (non-hydrogen) atoms. The zero-order valence-corrected chi connectivity index (χ0v) is 13.6. The third-order valence-electron chi connectivity index (χ3n) is 4.69. The number of likely N-dealkylation sites (N-methyl/N-ethyl adjacent to an activating group) is 1.